The van der Waals surface area contributed by atoms with Gasteiger partial charge < -0.3 is 10.2 Å². The van der Waals surface area contributed by atoms with Crippen molar-refractivity contribution in [3.63, 3.8) is 0 Å². The molecule has 0 saturated carbocycles. The average Bonchev–Trinajstić information content (AvgIpc) is 2.52. The molecule has 0 unspecified atom stereocenters. The summed E-state index contributed by atoms with van der Waals surface area (Å²) in [5, 5.41) is 12.4. The van der Waals surface area contributed by atoms with E-state index >= 15 is 0 Å². The Labute approximate surface area is 118 Å². The Kier molecular flexibility index (Phi) is 4.51. The number of benzene rings is 1. The van der Waals surface area contributed by atoms with Gasteiger partial charge >= 0.3 is 0 Å². The van der Waals surface area contributed by atoms with Crippen LogP contribution >= 0.6 is 0 Å². The number of para-hydroxylation sites is 1. The lowest BCUT2D eigenvalue weighted by molar-refractivity contribution is 0.962. The molecule has 1 heterocycles. The SMILES string of the molecule is CCCNc1cc(N(C)c2ccccc2C#N)ncn1. The Morgan fingerprint density at radius 1 is 1.30 bits per heavy atom. The highest BCUT2D eigenvalue weighted by atomic mass is 15.2. The van der Waals surface area contributed by atoms with Crippen LogP contribution in [0.5, 0.6) is 0 Å². The minimum Gasteiger partial charge on any atom is -0.370 e. The first-order valence-electron chi connectivity index (χ1n) is 6.55. The summed E-state index contributed by atoms with van der Waals surface area (Å²) in [6.07, 6.45) is 2.56. The van der Waals surface area contributed by atoms with Crippen molar-refractivity contribution < 1.29 is 0 Å². The molecule has 5 heteroatoms. The summed E-state index contributed by atoms with van der Waals surface area (Å²) in [6.45, 7) is 2.97. The quantitative estimate of drug-likeness (QED) is 0.902. The van der Waals surface area contributed by atoms with Crippen molar-refractivity contribution in [3.8, 4) is 6.07 Å². The summed E-state index contributed by atoms with van der Waals surface area (Å²) in [5.41, 5.74) is 1.45. The first-order valence-corrected chi connectivity index (χ1v) is 6.55. The van der Waals surface area contributed by atoms with Crippen molar-refractivity contribution in [3.05, 3.63) is 42.2 Å². The standard InChI is InChI=1S/C15H17N5/c1-3-8-17-14-9-15(19-11-18-14)20(2)13-7-5-4-6-12(13)10-16/h4-7,9,11H,3,8H2,1-2H3,(H,17,18,19). The minimum atomic E-state index is 0.622. The van der Waals surface area contributed by atoms with Crippen molar-refractivity contribution >= 4 is 17.3 Å². The minimum absolute atomic E-state index is 0.622. The molecule has 2 rings (SSSR count). The highest BCUT2D eigenvalue weighted by Crippen LogP contribution is 2.25. The van der Waals surface area contributed by atoms with E-state index in [9.17, 15) is 0 Å². The van der Waals surface area contributed by atoms with Gasteiger partial charge in [-0.2, -0.15) is 5.26 Å². The van der Waals surface area contributed by atoms with Crippen molar-refractivity contribution in [1.82, 2.24) is 9.97 Å². The number of rotatable bonds is 5. The zero-order chi connectivity index (χ0) is 14.4. The third-order valence-electron chi connectivity index (χ3n) is 2.94. The van der Waals surface area contributed by atoms with Crippen molar-refractivity contribution in [2.45, 2.75) is 13.3 Å². The van der Waals surface area contributed by atoms with E-state index in [1.54, 1.807) is 6.07 Å². The van der Waals surface area contributed by atoms with Gasteiger partial charge in [-0.3, -0.25) is 0 Å². The molecule has 0 radical (unpaired) electrons. The van der Waals surface area contributed by atoms with Gasteiger partial charge in [0.1, 0.15) is 24.0 Å². The molecule has 0 aliphatic carbocycles. The monoisotopic (exact) mass is 267 g/mol. The molecule has 2 aromatic rings. The third-order valence-corrected chi connectivity index (χ3v) is 2.94. The Hall–Kier alpha value is -2.61. The number of hydrogen-bond acceptors (Lipinski definition) is 5. The van der Waals surface area contributed by atoms with E-state index in [0.717, 1.165) is 30.3 Å². The number of nitrogens with zero attached hydrogens (tertiary/aromatic N) is 4. The number of nitriles is 1. The highest BCUT2D eigenvalue weighted by molar-refractivity contribution is 5.67. The molecule has 0 saturated heterocycles. The van der Waals surface area contributed by atoms with E-state index in [-0.39, 0.29) is 0 Å². The van der Waals surface area contributed by atoms with Crippen LogP contribution in [-0.2, 0) is 0 Å². The first kappa shape index (κ1) is 13.8. The fraction of sp³-hybridized carbons (Fsp3) is 0.267. The molecule has 5 nitrogen and oxygen atoms in total. The molecule has 0 fully saturated rings. The number of hydrogen-bond donors (Lipinski definition) is 1. The van der Waals surface area contributed by atoms with Gasteiger partial charge in [-0.1, -0.05) is 19.1 Å². The normalized spacial score (nSPS) is 9.85. The molecule has 20 heavy (non-hydrogen) atoms. The summed E-state index contributed by atoms with van der Waals surface area (Å²) in [4.78, 5) is 10.3. The fourth-order valence-electron chi connectivity index (χ4n) is 1.86. The van der Waals surface area contributed by atoms with E-state index in [1.807, 2.05) is 36.2 Å². The lowest BCUT2D eigenvalue weighted by Crippen LogP contribution is -2.13. The lowest BCUT2D eigenvalue weighted by Gasteiger charge is -2.19. The molecule has 0 aliphatic heterocycles. The van der Waals surface area contributed by atoms with Crippen LogP contribution in [0.15, 0.2) is 36.7 Å². The summed E-state index contributed by atoms with van der Waals surface area (Å²) in [7, 11) is 1.89. The molecule has 0 atom stereocenters. The van der Waals surface area contributed by atoms with Gasteiger partial charge in [-0.15, -0.1) is 0 Å². The summed E-state index contributed by atoms with van der Waals surface area (Å²) in [6, 6.07) is 11.5. The van der Waals surface area contributed by atoms with Gasteiger partial charge in [-0.05, 0) is 18.6 Å². The number of aromatic nitrogens is 2. The van der Waals surface area contributed by atoms with E-state index < -0.39 is 0 Å². The van der Waals surface area contributed by atoms with Crippen LogP contribution < -0.4 is 10.2 Å². The number of anilines is 3. The van der Waals surface area contributed by atoms with Gasteiger partial charge in [-0.25, -0.2) is 9.97 Å². The zero-order valence-electron chi connectivity index (χ0n) is 11.7. The molecular weight excluding hydrogens is 250 g/mol. The van der Waals surface area contributed by atoms with E-state index in [2.05, 4.69) is 28.3 Å². The molecule has 1 N–H and O–H groups in total. The summed E-state index contributed by atoms with van der Waals surface area (Å²) in [5.74, 6) is 1.54. The molecule has 102 valence electrons. The van der Waals surface area contributed by atoms with E-state index in [1.165, 1.54) is 6.33 Å². The molecule has 0 aliphatic rings. The lowest BCUT2D eigenvalue weighted by atomic mass is 10.2. The van der Waals surface area contributed by atoms with Gasteiger partial charge in [0.05, 0.1) is 11.3 Å². The predicted octanol–water partition coefficient (Wildman–Crippen LogP) is 2.94. The van der Waals surface area contributed by atoms with Crippen LogP contribution in [0, 0.1) is 11.3 Å². The van der Waals surface area contributed by atoms with Gasteiger partial charge in [0.25, 0.3) is 0 Å². The summed E-state index contributed by atoms with van der Waals surface area (Å²) < 4.78 is 0. The summed E-state index contributed by atoms with van der Waals surface area (Å²) >= 11 is 0. The maximum absolute atomic E-state index is 9.16. The third kappa shape index (κ3) is 3.04. The van der Waals surface area contributed by atoms with Gasteiger partial charge in [0.15, 0.2) is 0 Å². The van der Waals surface area contributed by atoms with Crippen molar-refractivity contribution in [1.29, 1.82) is 5.26 Å². The van der Waals surface area contributed by atoms with Crippen molar-refractivity contribution in [2.24, 2.45) is 0 Å². The van der Waals surface area contributed by atoms with Crippen molar-refractivity contribution in [2.75, 3.05) is 23.8 Å². The molecule has 1 aromatic carbocycles. The smallest absolute Gasteiger partial charge is 0.138 e. The van der Waals surface area contributed by atoms with E-state index in [0.29, 0.717) is 5.56 Å². The van der Waals surface area contributed by atoms with Crippen LogP contribution in [0.4, 0.5) is 17.3 Å². The topological polar surface area (TPSA) is 64.8 Å². The van der Waals surface area contributed by atoms with Crippen LogP contribution in [-0.4, -0.2) is 23.6 Å². The van der Waals surface area contributed by atoms with Crippen LogP contribution in [0.2, 0.25) is 0 Å². The Balaban J connectivity index is 2.29. The second-order valence-electron chi connectivity index (χ2n) is 4.38. The largest absolute Gasteiger partial charge is 0.370 e. The zero-order valence-corrected chi connectivity index (χ0v) is 11.7. The Bertz CT molecular complexity index is 618. The molecular formula is C15H17N5. The molecule has 0 spiro atoms. The predicted molar refractivity (Wildman–Crippen MR) is 80.0 cm³/mol. The maximum Gasteiger partial charge on any atom is 0.138 e. The Morgan fingerprint density at radius 2 is 2.10 bits per heavy atom. The molecule has 0 bridgehead atoms. The van der Waals surface area contributed by atoms with Crippen LogP contribution in [0.3, 0.4) is 0 Å². The number of nitrogens with one attached hydrogen (secondary N) is 1. The second kappa shape index (κ2) is 6.53. The molecule has 0 amide bonds. The van der Waals surface area contributed by atoms with Gasteiger partial charge in [0.2, 0.25) is 0 Å². The Morgan fingerprint density at radius 3 is 2.85 bits per heavy atom. The second-order valence-corrected chi connectivity index (χ2v) is 4.38. The molecule has 1 aromatic heterocycles. The van der Waals surface area contributed by atoms with E-state index in [4.69, 9.17) is 5.26 Å². The fourth-order valence-corrected chi connectivity index (χ4v) is 1.86. The van der Waals surface area contributed by atoms with Crippen LogP contribution in [0.1, 0.15) is 18.9 Å². The highest BCUT2D eigenvalue weighted by Gasteiger charge is 2.10. The maximum atomic E-state index is 9.16. The van der Waals surface area contributed by atoms with Gasteiger partial charge in [0, 0.05) is 19.7 Å². The van der Waals surface area contributed by atoms with Crippen LogP contribution in [0.25, 0.3) is 0 Å². The first-order chi connectivity index (χ1) is 9.76. The average molecular weight is 267 g/mol.